The van der Waals surface area contributed by atoms with E-state index in [-0.39, 0.29) is 27.3 Å². The third-order valence-corrected chi connectivity index (χ3v) is 7.93. The molecule has 1 aliphatic rings. The molecule has 0 aliphatic carbocycles. The highest BCUT2D eigenvalue weighted by atomic mass is 35.5. The lowest BCUT2D eigenvalue weighted by Gasteiger charge is -2.25. The zero-order valence-electron chi connectivity index (χ0n) is 22.3. The van der Waals surface area contributed by atoms with Gasteiger partial charge in [-0.15, -0.1) is 0 Å². The van der Waals surface area contributed by atoms with Crippen molar-refractivity contribution in [2.24, 2.45) is 4.99 Å². The number of methoxy groups -OCH3 is 1. The summed E-state index contributed by atoms with van der Waals surface area (Å²) in [6, 6.07) is 18.5. The van der Waals surface area contributed by atoms with Crippen LogP contribution in [0.15, 0.2) is 87.8 Å². The van der Waals surface area contributed by atoms with Crippen LogP contribution in [-0.2, 0) is 9.59 Å². The number of ether oxygens (including phenoxy) is 2. The van der Waals surface area contributed by atoms with Crippen LogP contribution in [0.25, 0.3) is 6.08 Å². The number of carboxylic acids is 1. The molecule has 1 aliphatic heterocycles. The smallest absolute Gasteiger partial charge is 0.341 e. The van der Waals surface area contributed by atoms with Crippen molar-refractivity contribution in [1.29, 1.82) is 0 Å². The third-order valence-electron chi connectivity index (χ3n) is 6.39. The van der Waals surface area contributed by atoms with Crippen molar-refractivity contribution in [2.75, 3.05) is 19.0 Å². The Morgan fingerprint density at radius 2 is 1.76 bits per heavy atom. The molecule has 1 amide bonds. The third kappa shape index (κ3) is 5.96. The summed E-state index contributed by atoms with van der Waals surface area (Å²) in [5.74, 6) is -0.894. The second kappa shape index (κ2) is 12.2. The molecule has 2 N–H and O–H groups in total. The van der Waals surface area contributed by atoms with Gasteiger partial charge in [-0.1, -0.05) is 64.9 Å². The Kier molecular flexibility index (Phi) is 8.49. The average molecular weight is 625 g/mol. The normalized spacial score (nSPS) is 14.7. The van der Waals surface area contributed by atoms with Crippen LogP contribution in [0.2, 0.25) is 10.0 Å². The monoisotopic (exact) mass is 623 g/mol. The average Bonchev–Trinajstić information content (AvgIpc) is 3.26. The molecule has 0 unspecified atom stereocenters. The van der Waals surface area contributed by atoms with Crippen LogP contribution >= 0.6 is 34.5 Å². The van der Waals surface area contributed by atoms with Crippen LogP contribution in [-0.4, -0.2) is 35.3 Å². The number of hydrogen-bond acceptors (Lipinski definition) is 7. The van der Waals surface area contributed by atoms with Gasteiger partial charge in [-0.25, -0.2) is 9.79 Å². The van der Waals surface area contributed by atoms with Crippen LogP contribution < -0.4 is 29.7 Å². The van der Waals surface area contributed by atoms with Gasteiger partial charge in [0.25, 0.3) is 11.5 Å². The molecule has 0 radical (unpaired) electrons. The molecule has 0 bridgehead atoms. The highest BCUT2D eigenvalue weighted by Gasteiger charge is 2.32. The van der Waals surface area contributed by atoms with Crippen molar-refractivity contribution in [1.82, 2.24) is 4.57 Å². The molecule has 0 spiro atoms. The van der Waals surface area contributed by atoms with Gasteiger partial charge < -0.3 is 19.9 Å². The van der Waals surface area contributed by atoms with Gasteiger partial charge in [-0.3, -0.25) is 14.2 Å². The molecule has 0 fully saturated rings. The Hall–Kier alpha value is -4.38. The zero-order valence-corrected chi connectivity index (χ0v) is 24.6. The van der Waals surface area contributed by atoms with Gasteiger partial charge in [0.05, 0.1) is 39.0 Å². The predicted molar refractivity (Wildman–Crippen MR) is 161 cm³/mol. The number of anilines is 1. The molecule has 4 aromatic rings. The zero-order chi connectivity index (χ0) is 30.0. The molecule has 1 aromatic heterocycles. The number of thiazole rings is 1. The highest BCUT2D eigenvalue weighted by molar-refractivity contribution is 7.07. The lowest BCUT2D eigenvalue weighted by Crippen LogP contribution is -2.40. The maximum atomic E-state index is 13.9. The van der Waals surface area contributed by atoms with Crippen molar-refractivity contribution < 1.29 is 24.2 Å². The van der Waals surface area contributed by atoms with Crippen molar-refractivity contribution in [3.8, 4) is 11.5 Å². The number of aliphatic carboxylic acids is 1. The van der Waals surface area contributed by atoms with Crippen LogP contribution in [0.5, 0.6) is 11.5 Å². The fraction of sp³-hybridized carbons (Fsp3) is 0.133. The molecule has 0 saturated heterocycles. The minimum Gasteiger partial charge on any atom is -0.497 e. The van der Waals surface area contributed by atoms with Gasteiger partial charge in [0.1, 0.15) is 5.75 Å². The number of aromatic nitrogens is 1. The number of hydrogen-bond donors (Lipinski definition) is 2. The number of rotatable bonds is 8. The molecule has 214 valence electrons. The summed E-state index contributed by atoms with van der Waals surface area (Å²) in [5, 5.41) is 12.0. The van der Waals surface area contributed by atoms with E-state index in [1.807, 2.05) is 30.3 Å². The second-order valence-corrected chi connectivity index (χ2v) is 11.0. The molecule has 0 saturated carbocycles. The lowest BCUT2D eigenvalue weighted by molar-refractivity contribution is -0.139. The molecular weight excluding hydrogens is 601 g/mol. The Morgan fingerprint density at radius 1 is 1.10 bits per heavy atom. The van der Waals surface area contributed by atoms with E-state index in [0.29, 0.717) is 43.2 Å². The number of para-hydroxylation sites is 1. The molecule has 3 aromatic carbocycles. The standard InChI is InChI=1S/C30H23Cl2N3O6S/c1-16-25(28(38)34-19-6-4-3-5-7-19)26(18-8-10-20(40-2)11-9-18)35-29(39)23(42-30(35)33-16)14-17-12-21(31)27(22(32)13-17)41-15-24(36)37/h3-14,26H,15H2,1-2H3,(H,34,38)(H,36,37)/b23-14+/t26-/m1/s1. The minimum atomic E-state index is -1.18. The number of carboxylic acid groups (broad SMARTS) is 1. The topological polar surface area (TPSA) is 119 Å². The number of benzene rings is 3. The van der Waals surface area contributed by atoms with Gasteiger partial charge in [0, 0.05) is 5.69 Å². The summed E-state index contributed by atoms with van der Waals surface area (Å²) in [5.41, 5.74) is 2.24. The van der Waals surface area contributed by atoms with Crippen LogP contribution in [0.3, 0.4) is 0 Å². The Labute approximate surface area is 253 Å². The van der Waals surface area contributed by atoms with E-state index in [9.17, 15) is 14.4 Å². The summed E-state index contributed by atoms with van der Waals surface area (Å²) < 4.78 is 12.3. The highest BCUT2D eigenvalue weighted by Crippen LogP contribution is 2.35. The van der Waals surface area contributed by atoms with Crippen LogP contribution in [0.4, 0.5) is 5.69 Å². The molecule has 42 heavy (non-hydrogen) atoms. The summed E-state index contributed by atoms with van der Waals surface area (Å²) in [6.45, 7) is 1.13. The van der Waals surface area contributed by atoms with Gasteiger partial charge in [-0.2, -0.15) is 0 Å². The molecular formula is C30H23Cl2N3O6S. The first-order chi connectivity index (χ1) is 20.2. The number of allylic oxidation sites excluding steroid dienone is 1. The van der Waals surface area contributed by atoms with E-state index in [4.69, 9.17) is 37.8 Å². The fourth-order valence-corrected chi connectivity index (χ4v) is 6.18. The van der Waals surface area contributed by atoms with Gasteiger partial charge in [0.15, 0.2) is 17.2 Å². The number of amides is 1. The SMILES string of the molecule is COc1ccc([C@@H]2C(C(=O)Nc3ccccc3)=C(C)N=c3s/c(=C/c4cc(Cl)c(OCC(=O)O)c(Cl)c4)c(=O)n32)cc1. The number of nitrogens with zero attached hydrogens (tertiary/aromatic N) is 2. The number of fused-ring (bicyclic) bond motifs is 1. The summed E-state index contributed by atoms with van der Waals surface area (Å²) >= 11 is 13.8. The minimum absolute atomic E-state index is 0.0311. The maximum Gasteiger partial charge on any atom is 0.341 e. The quantitative estimate of drug-likeness (QED) is 0.295. The Bertz CT molecular complexity index is 1880. The number of halogens is 2. The maximum absolute atomic E-state index is 13.9. The van der Waals surface area contributed by atoms with Crippen molar-refractivity contribution in [2.45, 2.75) is 13.0 Å². The van der Waals surface area contributed by atoms with E-state index < -0.39 is 18.6 Å². The molecule has 9 nitrogen and oxygen atoms in total. The van der Waals surface area contributed by atoms with Crippen LogP contribution in [0.1, 0.15) is 24.1 Å². The molecule has 12 heteroatoms. The van der Waals surface area contributed by atoms with Crippen LogP contribution in [0, 0.1) is 0 Å². The summed E-state index contributed by atoms with van der Waals surface area (Å²) in [4.78, 5) is 43.5. The second-order valence-electron chi connectivity index (χ2n) is 9.17. The molecule has 5 rings (SSSR count). The lowest BCUT2D eigenvalue weighted by atomic mass is 9.95. The first-order valence-corrected chi connectivity index (χ1v) is 14.1. The van der Waals surface area contributed by atoms with E-state index in [0.717, 1.165) is 11.3 Å². The van der Waals surface area contributed by atoms with Gasteiger partial charge >= 0.3 is 5.97 Å². The Balaban J connectivity index is 1.62. The number of carbonyl (C=O) groups excluding carboxylic acids is 1. The van der Waals surface area contributed by atoms with E-state index in [2.05, 4.69) is 10.3 Å². The first kappa shape index (κ1) is 29.1. The van der Waals surface area contributed by atoms with Gasteiger partial charge in [0.2, 0.25) is 0 Å². The van der Waals surface area contributed by atoms with E-state index in [1.165, 1.54) is 16.7 Å². The Morgan fingerprint density at radius 3 is 2.38 bits per heavy atom. The number of carbonyl (C=O) groups is 2. The van der Waals surface area contributed by atoms with Crippen molar-refractivity contribution in [3.63, 3.8) is 0 Å². The molecule has 1 atom stereocenters. The summed E-state index contributed by atoms with van der Waals surface area (Å²) in [7, 11) is 1.56. The summed E-state index contributed by atoms with van der Waals surface area (Å²) in [6.07, 6.45) is 1.61. The van der Waals surface area contributed by atoms with Gasteiger partial charge in [-0.05, 0) is 60.5 Å². The van der Waals surface area contributed by atoms with E-state index in [1.54, 1.807) is 44.4 Å². The largest absolute Gasteiger partial charge is 0.497 e. The van der Waals surface area contributed by atoms with Crippen molar-refractivity contribution >= 4 is 58.2 Å². The fourth-order valence-electron chi connectivity index (χ4n) is 4.52. The molecule has 2 heterocycles. The predicted octanol–water partition coefficient (Wildman–Crippen LogP) is 4.65. The number of nitrogens with one attached hydrogen (secondary N) is 1. The first-order valence-electron chi connectivity index (χ1n) is 12.5. The van der Waals surface area contributed by atoms with Crippen molar-refractivity contribution in [3.05, 3.63) is 119 Å². The van der Waals surface area contributed by atoms with E-state index >= 15 is 0 Å².